The normalized spacial score (nSPS) is 16.6. The van der Waals surface area contributed by atoms with E-state index in [4.69, 9.17) is 0 Å². The highest BCUT2D eigenvalue weighted by atomic mass is 15.0. The van der Waals surface area contributed by atoms with Gasteiger partial charge in [-0.2, -0.15) is 0 Å². The van der Waals surface area contributed by atoms with E-state index in [0.29, 0.717) is 0 Å². The van der Waals surface area contributed by atoms with Crippen molar-refractivity contribution in [3.8, 4) is 0 Å². The molecule has 1 aliphatic rings. The molecule has 0 radical (unpaired) electrons. The van der Waals surface area contributed by atoms with Crippen LogP contribution in [0.15, 0.2) is 72.8 Å². The van der Waals surface area contributed by atoms with Crippen LogP contribution in [0, 0.1) is 0 Å². The van der Waals surface area contributed by atoms with Gasteiger partial charge in [0.05, 0.1) is 0 Å². The lowest BCUT2D eigenvalue weighted by molar-refractivity contribution is 0.275. The van der Waals surface area contributed by atoms with Crippen LogP contribution in [0.25, 0.3) is 10.8 Å². The molecule has 0 amide bonds. The van der Waals surface area contributed by atoms with Gasteiger partial charge in [0.1, 0.15) is 0 Å². The molecule has 1 fully saturated rings. The summed E-state index contributed by atoms with van der Waals surface area (Å²) in [6.45, 7) is 2.14. The fraction of sp³-hybridized carbons (Fsp3) is 0.200. The summed E-state index contributed by atoms with van der Waals surface area (Å²) in [5, 5.41) is 6.20. The molecule has 4 rings (SSSR count). The van der Waals surface area contributed by atoms with Gasteiger partial charge in [-0.1, -0.05) is 72.8 Å². The molecule has 3 aromatic carbocycles. The topological polar surface area (TPSA) is 12.0 Å². The van der Waals surface area contributed by atoms with Gasteiger partial charge < -0.3 is 5.32 Å². The zero-order valence-corrected chi connectivity index (χ0v) is 12.0. The summed E-state index contributed by atoms with van der Waals surface area (Å²) in [4.78, 5) is 0. The SMILES string of the molecule is c1ccc(C2(Cc3cccc4ccccc34)CNC2)cc1. The Kier molecular flexibility index (Phi) is 3.01. The minimum atomic E-state index is 0.255. The third-order valence-corrected chi connectivity index (χ3v) is 4.72. The predicted octanol–water partition coefficient (Wildman–Crippen LogP) is 3.92. The first-order chi connectivity index (χ1) is 10.4. The standard InChI is InChI=1S/C20H19N/c1-2-10-18(11-3-1)20(14-21-15-20)13-17-9-6-8-16-7-4-5-12-19(16)17/h1-12,21H,13-15H2. The van der Waals surface area contributed by atoms with E-state index < -0.39 is 0 Å². The lowest BCUT2D eigenvalue weighted by atomic mass is 9.70. The number of benzene rings is 3. The van der Waals surface area contributed by atoms with Gasteiger partial charge >= 0.3 is 0 Å². The van der Waals surface area contributed by atoms with Gasteiger partial charge in [-0.25, -0.2) is 0 Å². The number of hydrogen-bond acceptors (Lipinski definition) is 1. The van der Waals surface area contributed by atoms with E-state index >= 15 is 0 Å². The Morgan fingerprint density at radius 3 is 2.24 bits per heavy atom. The molecular formula is C20H19N. The molecule has 0 bridgehead atoms. The van der Waals surface area contributed by atoms with Gasteiger partial charge in [0.25, 0.3) is 0 Å². The molecule has 1 heterocycles. The van der Waals surface area contributed by atoms with Crippen LogP contribution in [0.2, 0.25) is 0 Å². The van der Waals surface area contributed by atoms with E-state index in [-0.39, 0.29) is 5.41 Å². The molecule has 1 aliphatic heterocycles. The van der Waals surface area contributed by atoms with Crippen LogP contribution in [-0.4, -0.2) is 13.1 Å². The Hall–Kier alpha value is -2.12. The zero-order valence-electron chi connectivity index (χ0n) is 12.0. The van der Waals surface area contributed by atoms with E-state index in [1.54, 1.807) is 0 Å². The summed E-state index contributed by atoms with van der Waals surface area (Å²) in [5.41, 5.74) is 3.17. The monoisotopic (exact) mass is 273 g/mol. The van der Waals surface area contributed by atoms with E-state index in [1.807, 2.05) is 0 Å². The van der Waals surface area contributed by atoms with E-state index in [2.05, 4.69) is 78.1 Å². The summed E-state index contributed by atoms with van der Waals surface area (Å²) >= 11 is 0. The maximum Gasteiger partial charge on any atom is 0.0243 e. The van der Waals surface area contributed by atoms with Crippen LogP contribution in [0.4, 0.5) is 0 Å². The van der Waals surface area contributed by atoms with Crippen LogP contribution >= 0.6 is 0 Å². The zero-order chi connectivity index (χ0) is 14.1. The Morgan fingerprint density at radius 2 is 1.48 bits per heavy atom. The molecule has 0 spiro atoms. The molecule has 1 saturated heterocycles. The predicted molar refractivity (Wildman–Crippen MR) is 88.6 cm³/mol. The second-order valence-corrected chi connectivity index (χ2v) is 6.06. The average molecular weight is 273 g/mol. The number of nitrogens with one attached hydrogen (secondary N) is 1. The Morgan fingerprint density at radius 1 is 0.762 bits per heavy atom. The molecule has 3 aromatic rings. The van der Waals surface area contributed by atoms with Crippen molar-refractivity contribution in [1.82, 2.24) is 5.32 Å². The molecule has 0 saturated carbocycles. The third kappa shape index (κ3) is 2.14. The summed E-state index contributed by atoms with van der Waals surface area (Å²) < 4.78 is 0. The lowest BCUT2D eigenvalue weighted by Gasteiger charge is -2.43. The Labute approximate surface area is 125 Å². The number of rotatable bonds is 3. The second kappa shape index (κ2) is 5.01. The van der Waals surface area contributed by atoms with Gasteiger partial charge in [-0.05, 0) is 28.3 Å². The summed E-state index contributed by atoms with van der Waals surface area (Å²) in [7, 11) is 0. The smallest absolute Gasteiger partial charge is 0.0243 e. The first-order valence-electron chi connectivity index (χ1n) is 7.60. The summed E-state index contributed by atoms with van der Waals surface area (Å²) in [6.07, 6.45) is 1.10. The van der Waals surface area contributed by atoms with E-state index in [1.165, 1.54) is 21.9 Å². The van der Waals surface area contributed by atoms with Crippen molar-refractivity contribution >= 4 is 10.8 Å². The number of fused-ring (bicyclic) bond motifs is 1. The quantitative estimate of drug-likeness (QED) is 0.762. The minimum Gasteiger partial charge on any atom is -0.315 e. The van der Waals surface area contributed by atoms with Crippen molar-refractivity contribution in [3.05, 3.63) is 83.9 Å². The summed E-state index contributed by atoms with van der Waals surface area (Å²) in [5.74, 6) is 0. The molecule has 1 nitrogen and oxygen atoms in total. The van der Waals surface area contributed by atoms with Gasteiger partial charge in [0, 0.05) is 18.5 Å². The molecule has 0 atom stereocenters. The van der Waals surface area contributed by atoms with Crippen LogP contribution in [0.3, 0.4) is 0 Å². The van der Waals surface area contributed by atoms with Gasteiger partial charge in [-0.15, -0.1) is 0 Å². The van der Waals surface area contributed by atoms with E-state index in [9.17, 15) is 0 Å². The van der Waals surface area contributed by atoms with E-state index in [0.717, 1.165) is 19.5 Å². The fourth-order valence-corrected chi connectivity index (χ4v) is 3.46. The van der Waals surface area contributed by atoms with Crippen LogP contribution in [0.1, 0.15) is 11.1 Å². The van der Waals surface area contributed by atoms with Crippen molar-refractivity contribution in [2.24, 2.45) is 0 Å². The average Bonchev–Trinajstić information content (AvgIpc) is 2.52. The first kappa shape index (κ1) is 12.6. The van der Waals surface area contributed by atoms with Crippen LogP contribution in [0.5, 0.6) is 0 Å². The molecule has 1 N–H and O–H groups in total. The van der Waals surface area contributed by atoms with Crippen molar-refractivity contribution in [1.29, 1.82) is 0 Å². The van der Waals surface area contributed by atoms with Crippen molar-refractivity contribution in [2.75, 3.05) is 13.1 Å². The van der Waals surface area contributed by atoms with Crippen LogP contribution in [-0.2, 0) is 11.8 Å². The van der Waals surface area contributed by atoms with Gasteiger partial charge in [-0.3, -0.25) is 0 Å². The van der Waals surface area contributed by atoms with Crippen molar-refractivity contribution < 1.29 is 0 Å². The van der Waals surface area contributed by atoms with Gasteiger partial charge in [0.2, 0.25) is 0 Å². The molecule has 0 aliphatic carbocycles. The van der Waals surface area contributed by atoms with Crippen molar-refractivity contribution in [2.45, 2.75) is 11.8 Å². The Balaban J connectivity index is 1.77. The maximum atomic E-state index is 3.47. The first-order valence-corrected chi connectivity index (χ1v) is 7.60. The summed E-state index contributed by atoms with van der Waals surface area (Å²) in [6, 6.07) is 26.3. The molecule has 0 aromatic heterocycles. The lowest BCUT2D eigenvalue weighted by Crippen LogP contribution is -2.58. The van der Waals surface area contributed by atoms with Crippen molar-refractivity contribution in [3.63, 3.8) is 0 Å². The molecule has 21 heavy (non-hydrogen) atoms. The van der Waals surface area contributed by atoms with Gasteiger partial charge in [0.15, 0.2) is 0 Å². The molecule has 0 unspecified atom stereocenters. The largest absolute Gasteiger partial charge is 0.315 e. The molecule has 104 valence electrons. The Bertz CT molecular complexity index is 752. The molecule has 1 heteroatoms. The van der Waals surface area contributed by atoms with Crippen LogP contribution < -0.4 is 5.32 Å². The third-order valence-electron chi connectivity index (χ3n) is 4.72. The number of hydrogen-bond donors (Lipinski definition) is 1. The highest BCUT2D eigenvalue weighted by molar-refractivity contribution is 5.85. The minimum absolute atomic E-state index is 0.255. The fourth-order valence-electron chi connectivity index (χ4n) is 3.46. The highest BCUT2D eigenvalue weighted by Crippen LogP contribution is 2.34. The second-order valence-electron chi connectivity index (χ2n) is 6.06. The maximum absolute atomic E-state index is 3.47. The highest BCUT2D eigenvalue weighted by Gasteiger charge is 2.38. The molecular weight excluding hydrogens is 254 g/mol.